The van der Waals surface area contributed by atoms with Gasteiger partial charge in [0.25, 0.3) is 0 Å². The second-order valence-corrected chi connectivity index (χ2v) is 9.05. The molecule has 1 N–H and O–H groups in total. The van der Waals surface area contributed by atoms with E-state index < -0.39 is 0 Å². The van der Waals surface area contributed by atoms with Crippen LogP contribution in [0.2, 0.25) is 0 Å². The maximum absolute atomic E-state index is 13.1. The number of aromatic nitrogens is 1. The molecule has 182 valence electrons. The Bertz CT molecular complexity index is 1090. The van der Waals surface area contributed by atoms with Gasteiger partial charge in [-0.15, -0.1) is 0 Å². The summed E-state index contributed by atoms with van der Waals surface area (Å²) >= 11 is 0. The van der Waals surface area contributed by atoms with Crippen molar-refractivity contribution in [2.75, 3.05) is 45.9 Å². The summed E-state index contributed by atoms with van der Waals surface area (Å²) in [7, 11) is 0. The Labute approximate surface area is 206 Å². The predicted octanol–water partition coefficient (Wildman–Crippen LogP) is 3.21. The van der Waals surface area contributed by atoms with E-state index in [0.717, 1.165) is 35.5 Å². The van der Waals surface area contributed by atoms with Crippen LogP contribution in [0.25, 0.3) is 0 Å². The Kier molecular flexibility index (Phi) is 7.68. The monoisotopic (exact) mass is 472 g/mol. The van der Waals surface area contributed by atoms with Gasteiger partial charge in [-0.2, -0.15) is 0 Å². The van der Waals surface area contributed by atoms with E-state index in [1.165, 1.54) is 0 Å². The molecule has 0 aliphatic carbocycles. The molecule has 1 aromatic heterocycles. The zero-order chi connectivity index (χ0) is 23.9. The van der Waals surface area contributed by atoms with Crippen LogP contribution < -0.4 is 10.1 Å². The smallest absolute Gasteiger partial charge is 0.234 e. The largest absolute Gasteiger partial charge is 0.484 e. The van der Waals surface area contributed by atoms with Crippen molar-refractivity contribution < 1.29 is 14.3 Å². The quantitative estimate of drug-likeness (QED) is 0.570. The molecule has 7 heteroatoms. The number of nitrogens with one attached hydrogen (secondary N) is 1. The molecule has 3 aromatic rings. The number of rotatable bonds is 7. The van der Waals surface area contributed by atoms with Crippen LogP contribution in [-0.4, -0.2) is 66.6 Å². The number of hydrogen-bond acceptors (Lipinski definition) is 6. The summed E-state index contributed by atoms with van der Waals surface area (Å²) in [6.07, 6.45) is 3.53. The van der Waals surface area contributed by atoms with Crippen molar-refractivity contribution in [2.45, 2.75) is 18.7 Å². The maximum atomic E-state index is 13.1. The molecule has 2 atom stereocenters. The van der Waals surface area contributed by atoms with E-state index >= 15 is 0 Å². The predicted molar refractivity (Wildman–Crippen MR) is 134 cm³/mol. The maximum Gasteiger partial charge on any atom is 0.234 e. The van der Waals surface area contributed by atoms with Gasteiger partial charge in [-0.25, -0.2) is 0 Å². The van der Waals surface area contributed by atoms with Gasteiger partial charge in [-0.3, -0.25) is 19.6 Å². The van der Waals surface area contributed by atoms with E-state index in [4.69, 9.17) is 9.47 Å². The lowest BCUT2D eigenvalue weighted by atomic mass is 10.1. The molecule has 2 aliphatic heterocycles. The summed E-state index contributed by atoms with van der Waals surface area (Å²) in [5, 5.41) is 3.19. The molecule has 1 fully saturated rings. The van der Waals surface area contributed by atoms with E-state index in [1.807, 2.05) is 48.7 Å². The molecule has 1 saturated heterocycles. The van der Waals surface area contributed by atoms with Gasteiger partial charge in [0, 0.05) is 50.7 Å². The van der Waals surface area contributed by atoms with Gasteiger partial charge >= 0.3 is 0 Å². The third-order valence-electron chi connectivity index (χ3n) is 6.65. The lowest BCUT2D eigenvalue weighted by Crippen LogP contribution is -2.45. The van der Waals surface area contributed by atoms with Crippen molar-refractivity contribution in [1.82, 2.24) is 20.1 Å². The highest BCUT2D eigenvalue weighted by Gasteiger charge is 2.27. The van der Waals surface area contributed by atoms with Crippen molar-refractivity contribution in [3.63, 3.8) is 0 Å². The highest BCUT2D eigenvalue weighted by molar-refractivity contribution is 5.78. The van der Waals surface area contributed by atoms with E-state index in [2.05, 4.69) is 44.4 Å². The molecular weight excluding hydrogens is 440 g/mol. The summed E-state index contributed by atoms with van der Waals surface area (Å²) in [5.74, 6) is 0.895. The highest BCUT2D eigenvalue weighted by atomic mass is 16.5. The normalized spacial score (nSPS) is 19.7. The van der Waals surface area contributed by atoms with E-state index in [9.17, 15) is 4.79 Å². The Morgan fingerprint density at radius 2 is 1.83 bits per heavy atom. The first kappa shape index (κ1) is 23.5. The van der Waals surface area contributed by atoms with Gasteiger partial charge in [0.15, 0.2) is 0 Å². The topological polar surface area (TPSA) is 66.9 Å². The van der Waals surface area contributed by atoms with Crippen LogP contribution in [0.5, 0.6) is 5.75 Å². The van der Waals surface area contributed by atoms with Crippen LogP contribution in [0.1, 0.15) is 28.8 Å². The number of hydrogen-bond donors (Lipinski definition) is 1. The number of pyridine rings is 1. The second-order valence-electron chi connectivity index (χ2n) is 9.05. The second kappa shape index (κ2) is 11.4. The van der Waals surface area contributed by atoms with Gasteiger partial charge in [0.2, 0.25) is 5.91 Å². The molecule has 5 rings (SSSR count). The first-order chi connectivity index (χ1) is 17.3. The number of carbonyl (C=O) groups is 1. The zero-order valence-electron chi connectivity index (χ0n) is 19.9. The molecular formula is C28H32N4O3. The molecule has 0 spiro atoms. The number of carbonyl (C=O) groups excluding carboxylic acids is 1. The number of amides is 1. The minimum atomic E-state index is -0.135. The summed E-state index contributed by atoms with van der Waals surface area (Å²) in [6, 6.07) is 22.4. The van der Waals surface area contributed by atoms with Crippen molar-refractivity contribution in [2.24, 2.45) is 0 Å². The van der Waals surface area contributed by atoms with Crippen molar-refractivity contribution >= 4 is 5.91 Å². The molecule has 2 unspecified atom stereocenters. The lowest BCUT2D eigenvalue weighted by molar-refractivity contribution is -0.122. The summed E-state index contributed by atoms with van der Waals surface area (Å²) in [6.45, 7) is 5.25. The number of fused-ring (bicyclic) bond motifs is 1. The van der Waals surface area contributed by atoms with Gasteiger partial charge in [-0.1, -0.05) is 54.6 Å². The molecule has 35 heavy (non-hydrogen) atoms. The van der Waals surface area contributed by atoms with Crippen LogP contribution in [0.15, 0.2) is 79.1 Å². The van der Waals surface area contributed by atoms with Crippen molar-refractivity contribution in [3.05, 3.63) is 95.8 Å². The van der Waals surface area contributed by atoms with Crippen LogP contribution in [0.3, 0.4) is 0 Å². The molecule has 1 amide bonds. The standard InChI is InChI=1S/C28H32N4O3/c33-28(30-18-25(23-10-6-12-29-17-23)32-13-15-34-16-14-32)21-31-19-24-9-4-5-11-26(24)35-27(20-31)22-7-2-1-3-8-22/h1-12,17,25,27H,13-16,18-21H2,(H,30,33). The van der Waals surface area contributed by atoms with Gasteiger partial charge in [0.1, 0.15) is 11.9 Å². The number of benzene rings is 2. The number of morpholine rings is 1. The van der Waals surface area contributed by atoms with Crippen molar-refractivity contribution in [3.8, 4) is 5.75 Å². The van der Waals surface area contributed by atoms with E-state index in [0.29, 0.717) is 39.4 Å². The summed E-state index contributed by atoms with van der Waals surface area (Å²) in [4.78, 5) is 22.0. The molecule has 7 nitrogen and oxygen atoms in total. The minimum absolute atomic E-state index is 0.0124. The molecule has 3 heterocycles. The van der Waals surface area contributed by atoms with Gasteiger partial charge < -0.3 is 14.8 Å². The number of para-hydroxylation sites is 1. The molecule has 0 bridgehead atoms. The molecule has 0 saturated carbocycles. The first-order valence-corrected chi connectivity index (χ1v) is 12.3. The summed E-state index contributed by atoms with van der Waals surface area (Å²) < 4.78 is 11.9. The fourth-order valence-electron chi connectivity index (χ4n) is 4.83. The SMILES string of the molecule is O=C(CN1Cc2ccccc2OC(c2ccccc2)C1)NCC(c1cccnc1)N1CCOCC1. The number of nitrogens with zero attached hydrogens (tertiary/aromatic N) is 3. The third-order valence-corrected chi connectivity index (χ3v) is 6.65. The fraction of sp³-hybridized carbons (Fsp3) is 0.357. The average Bonchev–Trinajstić information content (AvgIpc) is 3.09. The van der Waals surface area contributed by atoms with Crippen LogP contribution in [0, 0.1) is 0 Å². The number of ether oxygens (including phenoxy) is 2. The van der Waals surface area contributed by atoms with E-state index in [-0.39, 0.29) is 18.1 Å². The Hall–Kier alpha value is -3.26. The lowest BCUT2D eigenvalue weighted by Gasteiger charge is -2.35. The first-order valence-electron chi connectivity index (χ1n) is 12.3. The molecule has 2 aromatic carbocycles. The molecule has 2 aliphatic rings. The Balaban J connectivity index is 1.27. The minimum Gasteiger partial charge on any atom is -0.484 e. The van der Waals surface area contributed by atoms with Crippen LogP contribution in [0.4, 0.5) is 0 Å². The fourth-order valence-corrected chi connectivity index (χ4v) is 4.83. The Morgan fingerprint density at radius 3 is 2.63 bits per heavy atom. The average molecular weight is 473 g/mol. The molecule has 0 radical (unpaired) electrons. The van der Waals surface area contributed by atoms with Gasteiger partial charge in [-0.05, 0) is 23.3 Å². The van der Waals surface area contributed by atoms with E-state index in [1.54, 1.807) is 6.20 Å². The highest BCUT2D eigenvalue weighted by Crippen LogP contribution is 2.31. The third kappa shape index (κ3) is 6.06. The Morgan fingerprint density at radius 1 is 1.03 bits per heavy atom. The summed E-state index contributed by atoms with van der Waals surface area (Å²) in [5.41, 5.74) is 3.31. The van der Waals surface area contributed by atoms with Crippen molar-refractivity contribution in [1.29, 1.82) is 0 Å². The van der Waals surface area contributed by atoms with Crippen LogP contribution >= 0.6 is 0 Å². The van der Waals surface area contributed by atoms with Gasteiger partial charge in [0.05, 0.1) is 25.8 Å². The van der Waals surface area contributed by atoms with Crippen LogP contribution in [-0.2, 0) is 16.1 Å². The zero-order valence-corrected chi connectivity index (χ0v) is 19.9.